The molecule has 1 heterocycles. The van der Waals surface area contributed by atoms with Gasteiger partial charge < -0.3 is 9.47 Å². The number of aromatic nitrogens is 1. The van der Waals surface area contributed by atoms with E-state index in [-0.39, 0.29) is 18.1 Å². The lowest BCUT2D eigenvalue weighted by Crippen LogP contribution is -2.24. The number of nitrogens with zero attached hydrogens (tertiary/aromatic N) is 4. The number of fused-ring (bicyclic) bond motifs is 1. The normalized spacial score (nSPS) is 10.8. The number of ether oxygens (including phenoxy) is 2. The van der Waals surface area contributed by atoms with E-state index in [1.807, 2.05) is 24.3 Å². The van der Waals surface area contributed by atoms with Crippen molar-refractivity contribution in [2.75, 3.05) is 6.61 Å². The maximum Gasteiger partial charge on any atom is 0.318 e. The number of nitro benzene ring substituents is 2. The second kappa shape index (κ2) is 10.7. The SMILES string of the molecule is O=C(COc1cccc2cccnc12)N/N=C/c1ccc(Oc2ccc([N+](=O)[O-])cc2[N+](=O)[O-])cc1. The molecule has 1 amide bonds. The van der Waals surface area contributed by atoms with Crippen molar-refractivity contribution in [1.82, 2.24) is 10.4 Å². The van der Waals surface area contributed by atoms with Crippen LogP contribution in [-0.4, -0.2) is 33.6 Å². The highest BCUT2D eigenvalue weighted by molar-refractivity contribution is 5.85. The highest BCUT2D eigenvalue weighted by Gasteiger charge is 2.21. The van der Waals surface area contributed by atoms with Crippen LogP contribution in [0.1, 0.15) is 5.56 Å². The summed E-state index contributed by atoms with van der Waals surface area (Å²) in [6, 6.07) is 18.5. The number of hydrogen-bond donors (Lipinski definition) is 1. The Labute approximate surface area is 203 Å². The Balaban J connectivity index is 1.33. The minimum Gasteiger partial charge on any atom is -0.481 e. The summed E-state index contributed by atoms with van der Waals surface area (Å²) < 4.78 is 11.1. The molecule has 1 N–H and O–H groups in total. The van der Waals surface area contributed by atoms with Gasteiger partial charge >= 0.3 is 5.69 Å². The predicted octanol–water partition coefficient (Wildman–Crippen LogP) is 4.37. The number of benzene rings is 3. The molecule has 1 aromatic heterocycles. The third kappa shape index (κ3) is 5.75. The first-order chi connectivity index (χ1) is 17.4. The van der Waals surface area contributed by atoms with Gasteiger partial charge in [-0.05, 0) is 48.0 Å². The van der Waals surface area contributed by atoms with E-state index in [1.165, 1.54) is 18.3 Å². The standard InChI is InChI=1S/C24H17N5O7/c30-23(15-35-22-5-1-3-17-4-2-12-25-24(17)22)27-26-14-16-6-9-19(10-7-16)36-21-11-8-18(28(31)32)13-20(21)29(33)34/h1-14H,15H2,(H,27,30)/b26-14+. The summed E-state index contributed by atoms with van der Waals surface area (Å²) in [6.07, 6.45) is 3.04. The van der Waals surface area contributed by atoms with Crippen LogP contribution in [0.2, 0.25) is 0 Å². The van der Waals surface area contributed by atoms with E-state index in [0.717, 1.165) is 23.6 Å². The topological polar surface area (TPSA) is 159 Å². The highest BCUT2D eigenvalue weighted by Crippen LogP contribution is 2.34. The summed E-state index contributed by atoms with van der Waals surface area (Å²) in [5, 5.41) is 26.9. The average molecular weight is 487 g/mol. The van der Waals surface area contributed by atoms with Gasteiger partial charge in [-0.25, -0.2) is 5.43 Å². The second-order valence-electron chi connectivity index (χ2n) is 7.25. The van der Waals surface area contributed by atoms with Crippen LogP contribution < -0.4 is 14.9 Å². The fourth-order valence-corrected chi connectivity index (χ4v) is 3.14. The minimum atomic E-state index is -0.757. The van der Waals surface area contributed by atoms with Gasteiger partial charge in [0.15, 0.2) is 6.61 Å². The van der Waals surface area contributed by atoms with Crippen molar-refractivity contribution in [2.24, 2.45) is 5.10 Å². The lowest BCUT2D eigenvalue weighted by atomic mass is 10.2. The molecule has 0 atom stereocenters. The van der Waals surface area contributed by atoms with Gasteiger partial charge in [0.1, 0.15) is 17.0 Å². The lowest BCUT2D eigenvalue weighted by Gasteiger charge is -2.07. The molecule has 4 aromatic rings. The zero-order valence-electron chi connectivity index (χ0n) is 18.4. The van der Waals surface area contributed by atoms with E-state index in [2.05, 4.69) is 15.5 Å². The molecule has 0 fully saturated rings. The van der Waals surface area contributed by atoms with E-state index < -0.39 is 27.1 Å². The van der Waals surface area contributed by atoms with Crippen LogP contribution in [0, 0.1) is 20.2 Å². The van der Waals surface area contributed by atoms with Crippen molar-refractivity contribution in [3.63, 3.8) is 0 Å². The lowest BCUT2D eigenvalue weighted by molar-refractivity contribution is -0.394. The minimum absolute atomic E-state index is 0.138. The molecule has 12 nitrogen and oxygen atoms in total. The number of carbonyl (C=O) groups excluding carboxylic acids is 1. The van der Waals surface area contributed by atoms with E-state index in [0.29, 0.717) is 16.8 Å². The Morgan fingerprint density at radius 2 is 1.75 bits per heavy atom. The van der Waals surface area contributed by atoms with Crippen molar-refractivity contribution in [1.29, 1.82) is 0 Å². The number of non-ortho nitro benzene ring substituents is 1. The summed E-state index contributed by atoms with van der Waals surface area (Å²) in [6.45, 7) is -0.256. The van der Waals surface area contributed by atoms with Gasteiger partial charge in [-0.1, -0.05) is 18.2 Å². The number of carbonyl (C=O) groups is 1. The zero-order chi connectivity index (χ0) is 25.5. The fourth-order valence-electron chi connectivity index (χ4n) is 3.14. The first-order valence-corrected chi connectivity index (χ1v) is 10.4. The summed E-state index contributed by atoms with van der Waals surface area (Å²) in [4.78, 5) is 36.9. The summed E-state index contributed by atoms with van der Waals surface area (Å²) in [5.74, 6) is 0.145. The Hall–Kier alpha value is -5.39. The smallest absolute Gasteiger partial charge is 0.318 e. The molecule has 36 heavy (non-hydrogen) atoms. The van der Waals surface area contributed by atoms with Gasteiger partial charge in [-0.3, -0.25) is 30.0 Å². The molecule has 0 bridgehead atoms. The van der Waals surface area contributed by atoms with Crippen LogP contribution in [0.25, 0.3) is 10.9 Å². The Morgan fingerprint density at radius 3 is 2.50 bits per heavy atom. The first-order valence-electron chi connectivity index (χ1n) is 10.4. The quantitative estimate of drug-likeness (QED) is 0.207. The number of rotatable bonds is 9. The Kier molecular flexibility index (Phi) is 7.06. The third-order valence-electron chi connectivity index (χ3n) is 4.82. The number of nitrogens with one attached hydrogen (secondary N) is 1. The van der Waals surface area contributed by atoms with Crippen molar-refractivity contribution in [3.05, 3.63) is 105 Å². The van der Waals surface area contributed by atoms with Crippen LogP contribution in [0.4, 0.5) is 11.4 Å². The summed E-state index contributed by atoms with van der Waals surface area (Å²) in [5.41, 5.74) is 2.68. The molecule has 3 aromatic carbocycles. The predicted molar refractivity (Wildman–Crippen MR) is 129 cm³/mol. The van der Waals surface area contributed by atoms with Crippen LogP contribution >= 0.6 is 0 Å². The van der Waals surface area contributed by atoms with E-state index in [9.17, 15) is 25.0 Å². The van der Waals surface area contributed by atoms with Gasteiger partial charge in [-0.2, -0.15) is 5.10 Å². The molecule has 0 saturated carbocycles. The zero-order valence-corrected chi connectivity index (χ0v) is 18.4. The molecule has 0 aliphatic carbocycles. The number of nitro groups is 2. The molecule has 12 heteroatoms. The van der Waals surface area contributed by atoms with Gasteiger partial charge in [0, 0.05) is 17.6 Å². The molecule has 0 aliphatic rings. The Bertz CT molecular complexity index is 1470. The number of para-hydroxylation sites is 1. The third-order valence-corrected chi connectivity index (χ3v) is 4.82. The van der Waals surface area contributed by atoms with Crippen LogP contribution in [-0.2, 0) is 4.79 Å². The van der Waals surface area contributed by atoms with Crippen molar-refractivity contribution < 1.29 is 24.1 Å². The molecule has 4 rings (SSSR count). The van der Waals surface area contributed by atoms with E-state index in [4.69, 9.17) is 9.47 Å². The van der Waals surface area contributed by atoms with Gasteiger partial charge in [0.2, 0.25) is 5.75 Å². The average Bonchev–Trinajstić information content (AvgIpc) is 2.88. The van der Waals surface area contributed by atoms with Crippen molar-refractivity contribution >= 4 is 34.4 Å². The van der Waals surface area contributed by atoms with Crippen molar-refractivity contribution in [2.45, 2.75) is 0 Å². The maximum atomic E-state index is 12.1. The van der Waals surface area contributed by atoms with E-state index >= 15 is 0 Å². The molecule has 0 saturated heterocycles. The highest BCUT2D eigenvalue weighted by atomic mass is 16.6. The fraction of sp³-hybridized carbons (Fsp3) is 0.0417. The van der Waals surface area contributed by atoms with Crippen LogP contribution in [0.5, 0.6) is 17.2 Å². The second-order valence-corrected chi connectivity index (χ2v) is 7.25. The van der Waals surface area contributed by atoms with Gasteiger partial charge in [-0.15, -0.1) is 0 Å². The Morgan fingerprint density at radius 1 is 0.972 bits per heavy atom. The largest absolute Gasteiger partial charge is 0.481 e. The summed E-state index contributed by atoms with van der Waals surface area (Å²) >= 11 is 0. The molecule has 0 spiro atoms. The molecule has 0 unspecified atom stereocenters. The van der Waals surface area contributed by atoms with Crippen LogP contribution in [0.15, 0.2) is 84.1 Å². The number of hydrogen-bond acceptors (Lipinski definition) is 9. The first kappa shape index (κ1) is 23.8. The maximum absolute atomic E-state index is 12.1. The van der Waals surface area contributed by atoms with Crippen molar-refractivity contribution in [3.8, 4) is 17.2 Å². The molecule has 0 aliphatic heterocycles. The molecule has 180 valence electrons. The monoisotopic (exact) mass is 487 g/mol. The molecule has 0 radical (unpaired) electrons. The van der Waals surface area contributed by atoms with E-state index in [1.54, 1.807) is 24.4 Å². The summed E-state index contributed by atoms with van der Waals surface area (Å²) in [7, 11) is 0. The molecular formula is C24H17N5O7. The number of amides is 1. The number of hydrazone groups is 1. The van der Waals surface area contributed by atoms with Gasteiger partial charge in [0.05, 0.1) is 22.1 Å². The molecular weight excluding hydrogens is 470 g/mol. The van der Waals surface area contributed by atoms with Gasteiger partial charge in [0.25, 0.3) is 11.6 Å². The number of pyridine rings is 1. The van der Waals surface area contributed by atoms with Crippen LogP contribution in [0.3, 0.4) is 0 Å².